The van der Waals surface area contributed by atoms with Gasteiger partial charge in [0.15, 0.2) is 0 Å². The van der Waals surface area contributed by atoms with E-state index in [0.717, 1.165) is 57.4 Å². The first-order valence-corrected chi connectivity index (χ1v) is 11.4. The number of rotatable bonds is 13. The van der Waals surface area contributed by atoms with E-state index in [1.165, 1.54) is 0 Å². The summed E-state index contributed by atoms with van der Waals surface area (Å²) in [4.78, 5) is 27.2. The molecule has 154 valence electrons. The Balaban J connectivity index is 4.97. The molecule has 0 saturated heterocycles. The lowest BCUT2D eigenvalue weighted by Gasteiger charge is -2.29. The van der Waals surface area contributed by atoms with Gasteiger partial charge >= 0.3 is 6.09 Å². The molecule has 0 spiro atoms. The second-order valence-electron chi connectivity index (χ2n) is 7.72. The number of nitrogens with one attached hydrogen (secondary N) is 1. The molecule has 0 fully saturated rings. The lowest BCUT2D eigenvalue weighted by Crippen LogP contribution is -2.50. The molecule has 26 heavy (non-hydrogen) atoms. The number of alkyl carbamates (subject to hydrolysis) is 1. The largest absolute Gasteiger partial charge is 0.444 e. The number of amides is 2. The molecule has 0 aromatic rings. The Bertz CT molecular complexity index is 387. The smallest absolute Gasteiger partial charge is 0.408 e. The zero-order valence-electron chi connectivity index (χ0n) is 17.7. The van der Waals surface area contributed by atoms with Gasteiger partial charge in [-0.1, -0.05) is 39.5 Å². The Labute approximate surface area is 165 Å². The third-order valence-electron chi connectivity index (χ3n) is 3.97. The van der Waals surface area contributed by atoms with Crippen LogP contribution >= 0.6 is 11.8 Å². The molecule has 6 heteroatoms. The summed E-state index contributed by atoms with van der Waals surface area (Å²) < 4.78 is 5.35. The van der Waals surface area contributed by atoms with Crippen LogP contribution in [-0.2, 0) is 9.53 Å². The van der Waals surface area contributed by atoms with Crippen LogP contribution in [0.5, 0.6) is 0 Å². The first kappa shape index (κ1) is 25.1. The fourth-order valence-electron chi connectivity index (χ4n) is 2.60. The van der Waals surface area contributed by atoms with Crippen molar-refractivity contribution in [2.24, 2.45) is 0 Å². The van der Waals surface area contributed by atoms with Gasteiger partial charge in [-0.3, -0.25) is 4.79 Å². The molecule has 0 rings (SSSR count). The number of unbranched alkanes of at least 4 members (excludes halogenated alkanes) is 4. The van der Waals surface area contributed by atoms with Crippen LogP contribution in [0.15, 0.2) is 0 Å². The second kappa shape index (κ2) is 14.2. The summed E-state index contributed by atoms with van der Waals surface area (Å²) in [7, 11) is 0. The minimum absolute atomic E-state index is 0.0251. The molecule has 0 saturated carbocycles. The van der Waals surface area contributed by atoms with Crippen molar-refractivity contribution in [1.29, 1.82) is 0 Å². The molecular weight excluding hydrogens is 348 g/mol. The van der Waals surface area contributed by atoms with Crippen molar-refractivity contribution in [3.63, 3.8) is 0 Å². The maximum absolute atomic E-state index is 13.1. The zero-order valence-corrected chi connectivity index (χ0v) is 18.5. The Morgan fingerprint density at radius 3 is 2.00 bits per heavy atom. The standard InChI is InChI=1S/C20H40N2O3S/c1-7-9-11-14-22(15-12-10-8-2)18(23)17(13-16-26-6)21-19(24)25-20(3,4)5/h17H,7-16H2,1-6H3,(H,21,24)/t17-/m1/s1. The molecule has 0 aliphatic carbocycles. The third-order valence-corrected chi connectivity index (χ3v) is 4.62. The van der Waals surface area contributed by atoms with Gasteiger partial charge in [-0.25, -0.2) is 4.79 Å². The molecule has 0 aliphatic heterocycles. The van der Waals surface area contributed by atoms with Gasteiger partial charge in [0.25, 0.3) is 0 Å². The first-order valence-electron chi connectivity index (χ1n) is 10.0. The minimum atomic E-state index is -0.570. The van der Waals surface area contributed by atoms with E-state index in [-0.39, 0.29) is 5.91 Å². The van der Waals surface area contributed by atoms with E-state index in [2.05, 4.69) is 19.2 Å². The van der Waals surface area contributed by atoms with Crippen molar-refractivity contribution >= 4 is 23.8 Å². The van der Waals surface area contributed by atoms with Gasteiger partial charge in [-0.15, -0.1) is 0 Å². The Morgan fingerprint density at radius 1 is 1.04 bits per heavy atom. The Kier molecular flexibility index (Phi) is 13.7. The van der Waals surface area contributed by atoms with Gasteiger partial charge in [0.2, 0.25) is 5.91 Å². The molecule has 1 N–H and O–H groups in total. The summed E-state index contributed by atoms with van der Waals surface area (Å²) in [6.07, 6.45) is 8.63. The van der Waals surface area contributed by atoms with Crippen LogP contribution in [0.3, 0.4) is 0 Å². The van der Waals surface area contributed by atoms with Crippen LogP contribution in [0.25, 0.3) is 0 Å². The highest BCUT2D eigenvalue weighted by atomic mass is 32.2. The van der Waals surface area contributed by atoms with E-state index in [1.54, 1.807) is 11.8 Å². The van der Waals surface area contributed by atoms with Crippen molar-refractivity contribution in [2.75, 3.05) is 25.1 Å². The number of carbonyl (C=O) groups is 2. The number of carbonyl (C=O) groups excluding carboxylic acids is 2. The van der Waals surface area contributed by atoms with Crippen LogP contribution in [0.4, 0.5) is 4.79 Å². The maximum atomic E-state index is 13.1. The normalized spacial score (nSPS) is 12.5. The molecule has 0 heterocycles. The van der Waals surface area contributed by atoms with Crippen LogP contribution < -0.4 is 5.32 Å². The quantitative estimate of drug-likeness (QED) is 0.459. The molecular formula is C20H40N2O3S. The predicted octanol–water partition coefficient (Wildman–Crippen LogP) is 4.84. The molecule has 0 unspecified atom stereocenters. The molecule has 0 aromatic carbocycles. The highest BCUT2D eigenvalue weighted by Gasteiger charge is 2.27. The first-order chi connectivity index (χ1) is 12.2. The zero-order chi connectivity index (χ0) is 20.0. The van der Waals surface area contributed by atoms with Crippen LogP contribution in [0, 0.1) is 0 Å². The lowest BCUT2D eigenvalue weighted by molar-refractivity contribution is -0.133. The number of hydrogen-bond donors (Lipinski definition) is 1. The van der Waals surface area contributed by atoms with Crippen molar-refractivity contribution in [3.05, 3.63) is 0 Å². The van der Waals surface area contributed by atoms with Crippen molar-refractivity contribution in [3.8, 4) is 0 Å². The van der Waals surface area contributed by atoms with Gasteiger partial charge in [0, 0.05) is 13.1 Å². The fraction of sp³-hybridized carbons (Fsp3) is 0.900. The monoisotopic (exact) mass is 388 g/mol. The summed E-state index contributed by atoms with van der Waals surface area (Å²) in [5, 5.41) is 2.80. The van der Waals surface area contributed by atoms with Crippen LogP contribution in [0.2, 0.25) is 0 Å². The van der Waals surface area contributed by atoms with Crippen LogP contribution in [-0.4, -0.2) is 53.6 Å². The predicted molar refractivity (Wildman–Crippen MR) is 112 cm³/mol. The van der Waals surface area contributed by atoms with E-state index < -0.39 is 17.7 Å². The average molecular weight is 389 g/mol. The number of nitrogens with zero attached hydrogens (tertiary/aromatic N) is 1. The van der Waals surface area contributed by atoms with E-state index in [1.807, 2.05) is 31.9 Å². The number of hydrogen-bond acceptors (Lipinski definition) is 4. The van der Waals surface area contributed by atoms with Gasteiger partial charge < -0.3 is 15.0 Å². The summed E-state index contributed by atoms with van der Waals surface area (Å²) >= 11 is 1.68. The molecule has 0 radical (unpaired) electrons. The van der Waals surface area contributed by atoms with Crippen molar-refractivity contribution in [2.45, 2.75) is 91.2 Å². The molecule has 5 nitrogen and oxygen atoms in total. The van der Waals surface area contributed by atoms with E-state index in [9.17, 15) is 9.59 Å². The van der Waals surface area contributed by atoms with E-state index >= 15 is 0 Å². The van der Waals surface area contributed by atoms with E-state index in [0.29, 0.717) is 6.42 Å². The topological polar surface area (TPSA) is 58.6 Å². The third kappa shape index (κ3) is 12.4. The van der Waals surface area contributed by atoms with Gasteiger partial charge in [-0.2, -0.15) is 11.8 Å². The Hall–Kier alpha value is -0.910. The average Bonchev–Trinajstić information content (AvgIpc) is 2.55. The summed E-state index contributed by atoms with van der Waals surface area (Å²) in [5.74, 6) is 0.848. The van der Waals surface area contributed by atoms with Gasteiger partial charge in [0.1, 0.15) is 11.6 Å². The summed E-state index contributed by atoms with van der Waals surface area (Å²) in [6.45, 7) is 11.3. The lowest BCUT2D eigenvalue weighted by atomic mass is 10.1. The molecule has 0 aliphatic rings. The highest BCUT2D eigenvalue weighted by Crippen LogP contribution is 2.11. The number of thioether (sulfide) groups is 1. The van der Waals surface area contributed by atoms with Crippen LogP contribution in [0.1, 0.15) is 79.6 Å². The van der Waals surface area contributed by atoms with Gasteiger partial charge in [-0.05, 0) is 52.0 Å². The van der Waals surface area contributed by atoms with Crippen molar-refractivity contribution < 1.29 is 14.3 Å². The SMILES string of the molecule is CCCCCN(CCCCC)C(=O)[C@@H](CCSC)NC(=O)OC(C)(C)C. The van der Waals surface area contributed by atoms with E-state index in [4.69, 9.17) is 4.74 Å². The maximum Gasteiger partial charge on any atom is 0.408 e. The molecule has 1 atom stereocenters. The molecule has 2 amide bonds. The van der Waals surface area contributed by atoms with Crippen molar-refractivity contribution in [1.82, 2.24) is 10.2 Å². The minimum Gasteiger partial charge on any atom is -0.444 e. The molecule has 0 aromatic heterocycles. The highest BCUT2D eigenvalue weighted by molar-refractivity contribution is 7.98. The molecule has 0 bridgehead atoms. The fourth-order valence-corrected chi connectivity index (χ4v) is 3.07. The second-order valence-corrected chi connectivity index (χ2v) is 8.71. The number of ether oxygens (including phenoxy) is 1. The summed E-state index contributed by atoms with van der Waals surface area (Å²) in [5.41, 5.74) is -0.570. The summed E-state index contributed by atoms with van der Waals surface area (Å²) in [6, 6.07) is -0.513. The van der Waals surface area contributed by atoms with Gasteiger partial charge in [0.05, 0.1) is 0 Å². The Morgan fingerprint density at radius 2 is 1.58 bits per heavy atom.